The second kappa shape index (κ2) is 6.81. The molecule has 146 valence electrons. The lowest BCUT2D eigenvalue weighted by molar-refractivity contribution is 0.120. The number of piperazine rings is 1. The zero-order chi connectivity index (χ0) is 19.4. The normalized spacial score (nSPS) is 19.8. The topological polar surface area (TPSA) is 63.4 Å². The molecule has 2 aromatic carbocycles. The van der Waals surface area contributed by atoms with E-state index in [1.807, 2.05) is 0 Å². The van der Waals surface area contributed by atoms with Gasteiger partial charge in [0.1, 0.15) is 24.0 Å². The smallest absolute Gasteiger partial charge is 0.181 e. The molecule has 0 unspecified atom stereocenters. The number of nitrogen functional groups attached to an aromatic ring is 1. The molecule has 3 aromatic rings. The number of fused-ring (bicyclic) bond motifs is 3. The summed E-state index contributed by atoms with van der Waals surface area (Å²) in [5, 5.41) is 3.74. The second-order valence-electron chi connectivity index (χ2n) is 7.00. The zero-order valence-corrected chi connectivity index (χ0v) is 16.3. The van der Waals surface area contributed by atoms with Crippen LogP contribution in [-0.2, 0) is 6.54 Å². The maximum Gasteiger partial charge on any atom is 0.181 e. The summed E-state index contributed by atoms with van der Waals surface area (Å²) in [6.45, 7) is 3.61. The van der Waals surface area contributed by atoms with Gasteiger partial charge in [0.25, 0.3) is 0 Å². The van der Waals surface area contributed by atoms with Gasteiger partial charge >= 0.3 is 0 Å². The quantitative estimate of drug-likeness (QED) is 0.627. The molecule has 1 aromatic heterocycles. The van der Waals surface area contributed by atoms with Gasteiger partial charge in [0, 0.05) is 42.9 Å². The average Bonchev–Trinajstić information content (AvgIpc) is 2.96. The number of nitrogens with two attached hydrogens (primary N) is 1. The second-order valence-corrected chi connectivity index (χ2v) is 8.41. The van der Waals surface area contributed by atoms with Crippen molar-refractivity contribution in [2.75, 3.05) is 32.0 Å². The van der Waals surface area contributed by atoms with Crippen LogP contribution >= 0.6 is 22.9 Å². The van der Waals surface area contributed by atoms with E-state index in [-0.39, 0.29) is 26.5 Å². The van der Waals surface area contributed by atoms with Crippen LogP contribution in [0, 0.1) is 11.6 Å². The number of halogens is 3. The first kappa shape index (κ1) is 18.1. The summed E-state index contributed by atoms with van der Waals surface area (Å²) in [6, 6.07) is 4.44. The van der Waals surface area contributed by atoms with Gasteiger partial charge in [0.2, 0.25) is 0 Å². The number of ether oxygens (including phenoxy) is 1. The van der Waals surface area contributed by atoms with Crippen LogP contribution in [0.25, 0.3) is 21.3 Å². The Bertz CT molecular complexity index is 1090. The highest BCUT2D eigenvalue weighted by Crippen LogP contribution is 2.44. The molecule has 5 rings (SSSR count). The van der Waals surface area contributed by atoms with Crippen molar-refractivity contribution in [2.45, 2.75) is 12.6 Å². The van der Waals surface area contributed by atoms with Crippen LogP contribution in [0.4, 0.5) is 13.9 Å². The van der Waals surface area contributed by atoms with Crippen LogP contribution in [0.5, 0.6) is 5.75 Å². The molecule has 3 N–H and O–H groups in total. The molecule has 0 amide bonds. The average molecular weight is 423 g/mol. The van der Waals surface area contributed by atoms with Crippen LogP contribution in [-0.4, -0.2) is 42.2 Å². The Hall–Kier alpha value is -2.00. The third-order valence-electron chi connectivity index (χ3n) is 5.30. The molecule has 9 heteroatoms. The predicted molar refractivity (Wildman–Crippen MR) is 107 cm³/mol. The van der Waals surface area contributed by atoms with Gasteiger partial charge in [-0.3, -0.25) is 4.90 Å². The van der Waals surface area contributed by atoms with Crippen molar-refractivity contribution >= 4 is 38.3 Å². The van der Waals surface area contributed by atoms with E-state index >= 15 is 4.39 Å². The molecule has 0 aliphatic carbocycles. The van der Waals surface area contributed by atoms with Crippen molar-refractivity contribution in [1.82, 2.24) is 15.2 Å². The summed E-state index contributed by atoms with van der Waals surface area (Å²) in [5.74, 6) is -0.451. The number of benzene rings is 2. The van der Waals surface area contributed by atoms with E-state index < -0.39 is 11.6 Å². The molecular weight excluding hydrogens is 406 g/mol. The minimum absolute atomic E-state index is 0.161. The third kappa shape index (κ3) is 2.83. The number of rotatable bonds is 1. The highest BCUT2D eigenvalue weighted by molar-refractivity contribution is 7.22. The molecule has 2 aliphatic heterocycles. The Balaban J connectivity index is 1.67. The molecule has 0 bridgehead atoms. The first-order valence-corrected chi connectivity index (χ1v) is 10.2. The van der Waals surface area contributed by atoms with Crippen molar-refractivity contribution in [3.8, 4) is 16.9 Å². The summed E-state index contributed by atoms with van der Waals surface area (Å²) in [4.78, 5) is 6.47. The maximum absolute atomic E-state index is 15.2. The van der Waals surface area contributed by atoms with Gasteiger partial charge in [-0.15, -0.1) is 0 Å². The lowest BCUT2D eigenvalue weighted by Gasteiger charge is -2.33. The van der Waals surface area contributed by atoms with E-state index in [4.69, 9.17) is 22.1 Å². The van der Waals surface area contributed by atoms with Crippen molar-refractivity contribution < 1.29 is 13.5 Å². The number of nitrogens with zero attached hydrogens (tertiary/aromatic N) is 2. The SMILES string of the molecule is Nc1nc2c(-c3c(F)cc4c(c3Cl)OC[C@@H]3CNCCN3C4)ccc(F)c2s1. The van der Waals surface area contributed by atoms with Crippen LogP contribution in [0.1, 0.15) is 5.56 Å². The summed E-state index contributed by atoms with van der Waals surface area (Å²) in [5.41, 5.74) is 7.34. The summed E-state index contributed by atoms with van der Waals surface area (Å²) >= 11 is 7.66. The van der Waals surface area contributed by atoms with Gasteiger partial charge in [0.05, 0.1) is 21.3 Å². The fourth-order valence-electron chi connectivity index (χ4n) is 3.94. The van der Waals surface area contributed by atoms with E-state index in [0.717, 1.165) is 31.0 Å². The van der Waals surface area contributed by atoms with E-state index in [1.54, 1.807) is 0 Å². The Morgan fingerprint density at radius 1 is 1.32 bits per heavy atom. The van der Waals surface area contributed by atoms with Crippen LogP contribution in [0.15, 0.2) is 18.2 Å². The van der Waals surface area contributed by atoms with E-state index in [0.29, 0.717) is 35.5 Å². The fourth-order valence-corrected chi connectivity index (χ4v) is 5.07. The van der Waals surface area contributed by atoms with Crippen molar-refractivity contribution in [2.24, 2.45) is 0 Å². The molecule has 3 heterocycles. The molecule has 2 aliphatic rings. The number of hydrogen-bond acceptors (Lipinski definition) is 6. The molecule has 5 nitrogen and oxygen atoms in total. The van der Waals surface area contributed by atoms with Crippen LogP contribution < -0.4 is 15.8 Å². The minimum Gasteiger partial charge on any atom is -0.490 e. The van der Waals surface area contributed by atoms with Crippen molar-refractivity contribution in [3.05, 3.63) is 40.4 Å². The maximum atomic E-state index is 15.2. The first-order valence-electron chi connectivity index (χ1n) is 8.96. The Kier molecular flexibility index (Phi) is 4.39. The Labute approximate surface area is 169 Å². The Morgan fingerprint density at radius 2 is 2.18 bits per heavy atom. The van der Waals surface area contributed by atoms with Gasteiger partial charge in [0.15, 0.2) is 5.13 Å². The summed E-state index contributed by atoms with van der Waals surface area (Å²) < 4.78 is 35.6. The largest absolute Gasteiger partial charge is 0.490 e. The third-order valence-corrected chi connectivity index (χ3v) is 6.55. The highest BCUT2D eigenvalue weighted by Gasteiger charge is 2.30. The number of aromatic nitrogens is 1. The number of nitrogens with one attached hydrogen (secondary N) is 1. The molecule has 0 spiro atoms. The number of thiazole rings is 1. The minimum atomic E-state index is -0.486. The molecule has 28 heavy (non-hydrogen) atoms. The summed E-state index contributed by atoms with van der Waals surface area (Å²) in [6.07, 6.45) is 0. The van der Waals surface area contributed by atoms with E-state index in [1.165, 1.54) is 18.2 Å². The zero-order valence-electron chi connectivity index (χ0n) is 14.8. The van der Waals surface area contributed by atoms with Gasteiger partial charge in [-0.25, -0.2) is 13.8 Å². The molecular formula is C19H17ClF2N4OS. The standard InChI is InChI=1S/C19H17ClF2N4OS/c20-15-14(11-1-2-12(21)18-16(11)25-19(23)28-18)13(22)5-9-7-26-4-3-24-6-10(26)8-27-17(9)15/h1-2,5,10,24H,3-4,6-8H2,(H2,23,25)/t10-/m0/s1. The lowest BCUT2D eigenvalue weighted by Crippen LogP contribution is -2.52. The van der Waals surface area contributed by atoms with Gasteiger partial charge in [-0.2, -0.15) is 0 Å². The van der Waals surface area contributed by atoms with Gasteiger partial charge in [-0.1, -0.05) is 22.9 Å². The molecule has 0 saturated carbocycles. The van der Waals surface area contributed by atoms with E-state index in [2.05, 4.69) is 15.2 Å². The van der Waals surface area contributed by atoms with Crippen LogP contribution in [0.2, 0.25) is 5.02 Å². The molecule has 1 saturated heterocycles. The van der Waals surface area contributed by atoms with E-state index in [9.17, 15) is 4.39 Å². The Morgan fingerprint density at radius 3 is 3.04 bits per heavy atom. The van der Waals surface area contributed by atoms with Crippen molar-refractivity contribution in [1.29, 1.82) is 0 Å². The number of hydrogen-bond donors (Lipinski definition) is 2. The van der Waals surface area contributed by atoms with Crippen LogP contribution in [0.3, 0.4) is 0 Å². The van der Waals surface area contributed by atoms with Gasteiger partial charge < -0.3 is 15.8 Å². The number of anilines is 1. The van der Waals surface area contributed by atoms with Crippen molar-refractivity contribution in [3.63, 3.8) is 0 Å². The highest BCUT2D eigenvalue weighted by atomic mass is 35.5. The fraction of sp³-hybridized carbons (Fsp3) is 0.316. The molecule has 1 atom stereocenters. The lowest BCUT2D eigenvalue weighted by atomic mass is 10.0. The molecule has 0 radical (unpaired) electrons. The predicted octanol–water partition coefficient (Wildman–Crippen LogP) is 3.64. The van der Waals surface area contributed by atoms with Gasteiger partial charge in [-0.05, 0) is 18.2 Å². The first-order chi connectivity index (χ1) is 13.5. The monoisotopic (exact) mass is 422 g/mol. The molecule has 1 fully saturated rings. The summed E-state index contributed by atoms with van der Waals surface area (Å²) in [7, 11) is 0.